The number of hydrogen-bond donors (Lipinski definition) is 0. The zero-order chi connectivity index (χ0) is 20.9. The van der Waals surface area contributed by atoms with E-state index >= 15 is 0 Å². The van der Waals surface area contributed by atoms with Crippen molar-refractivity contribution in [2.45, 2.75) is 59.3 Å². The Morgan fingerprint density at radius 1 is 0.571 bits per heavy atom. The molecule has 0 atom stereocenters. The van der Waals surface area contributed by atoms with Crippen LogP contribution >= 0.6 is 0 Å². The molecule has 1 nitrogen and oxygen atoms in total. The van der Waals surface area contributed by atoms with Gasteiger partial charge >= 0.3 is 0 Å². The standard InChI is InChI=1S/C9H11F.C9H12.C8H11N/c1-7(2)8-3-5-9(10)6-4-8;1-8(2)9-6-4-3-5-7-9;1-7(2)8-4-3-5-9-6-8/h3-7H,1-2H3;3-8H,1-2H3;3-7H,1-2H3. The third-order valence-corrected chi connectivity index (χ3v) is 4.35. The van der Waals surface area contributed by atoms with Crippen molar-refractivity contribution in [3.8, 4) is 0 Å². The maximum atomic E-state index is 12.4. The van der Waals surface area contributed by atoms with Crippen molar-refractivity contribution >= 4 is 0 Å². The van der Waals surface area contributed by atoms with E-state index < -0.39 is 0 Å². The fourth-order valence-corrected chi connectivity index (χ4v) is 2.40. The minimum atomic E-state index is -0.163. The fraction of sp³-hybridized carbons (Fsp3) is 0.346. The Balaban J connectivity index is 0.000000210. The Kier molecular flexibility index (Phi) is 10.8. The van der Waals surface area contributed by atoms with Gasteiger partial charge in [0.1, 0.15) is 5.82 Å². The van der Waals surface area contributed by atoms with Crippen molar-refractivity contribution in [2.75, 3.05) is 0 Å². The molecule has 28 heavy (non-hydrogen) atoms. The predicted octanol–water partition coefficient (Wildman–Crippen LogP) is 7.96. The van der Waals surface area contributed by atoms with Gasteiger partial charge in [0.25, 0.3) is 0 Å². The quantitative estimate of drug-likeness (QED) is 0.450. The SMILES string of the molecule is CC(C)c1ccc(F)cc1.CC(C)c1ccccc1.CC(C)c1cccnc1. The zero-order valence-electron chi connectivity index (χ0n) is 18.1. The highest BCUT2D eigenvalue weighted by Gasteiger charge is 1.97. The molecule has 0 radical (unpaired) electrons. The van der Waals surface area contributed by atoms with Gasteiger partial charge < -0.3 is 0 Å². The summed E-state index contributed by atoms with van der Waals surface area (Å²) >= 11 is 0. The second-order valence-corrected chi connectivity index (χ2v) is 7.71. The van der Waals surface area contributed by atoms with E-state index in [1.807, 2.05) is 30.5 Å². The van der Waals surface area contributed by atoms with Gasteiger partial charge in [-0.3, -0.25) is 4.98 Å². The van der Waals surface area contributed by atoms with Crippen molar-refractivity contribution in [3.05, 3.63) is 102 Å². The predicted molar refractivity (Wildman–Crippen MR) is 119 cm³/mol. The molecule has 0 saturated carbocycles. The first kappa shape index (κ1) is 23.6. The highest BCUT2D eigenvalue weighted by atomic mass is 19.1. The molecule has 150 valence electrons. The van der Waals surface area contributed by atoms with Crippen LogP contribution in [-0.2, 0) is 0 Å². The van der Waals surface area contributed by atoms with E-state index in [0.717, 1.165) is 0 Å². The van der Waals surface area contributed by atoms with Crippen molar-refractivity contribution < 1.29 is 4.39 Å². The summed E-state index contributed by atoms with van der Waals surface area (Å²) in [5.41, 5.74) is 3.90. The summed E-state index contributed by atoms with van der Waals surface area (Å²) in [4.78, 5) is 4.01. The molecule has 1 aromatic heterocycles. The minimum Gasteiger partial charge on any atom is -0.264 e. The largest absolute Gasteiger partial charge is 0.264 e. The highest BCUT2D eigenvalue weighted by molar-refractivity contribution is 5.19. The lowest BCUT2D eigenvalue weighted by Crippen LogP contribution is -1.85. The molecule has 0 spiro atoms. The summed E-state index contributed by atoms with van der Waals surface area (Å²) in [7, 11) is 0. The van der Waals surface area contributed by atoms with E-state index in [-0.39, 0.29) is 5.82 Å². The van der Waals surface area contributed by atoms with Crippen LogP contribution in [0.2, 0.25) is 0 Å². The van der Waals surface area contributed by atoms with Crippen LogP contribution in [-0.4, -0.2) is 4.98 Å². The molecule has 0 fully saturated rings. The van der Waals surface area contributed by atoms with Gasteiger partial charge in [0.2, 0.25) is 0 Å². The summed E-state index contributed by atoms with van der Waals surface area (Å²) in [5.74, 6) is 1.58. The molecule has 2 aromatic carbocycles. The van der Waals surface area contributed by atoms with Crippen molar-refractivity contribution in [1.82, 2.24) is 4.98 Å². The highest BCUT2D eigenvalue weighted by Crippen LogP contribution is 2.14. The number of nitrogens with zero attached hydrogens (tertiary/aromatic N) is 1. The molecule has 3 rings (SSSR count). The van der Waals surface area contributed by atoms with Gasteiger partial charge in [0, 0.05) is 12.4 Å². The van der Waals surface area contributed by atoms with Gasteiger partial charge in [-0.25, -0.2) is 4.39 Å². The van der Waals surface area contributed by atoms with E-state index in [4.69, 9.17) is 0 Å². The molecule has 0 N–H and O–H groups in total. The van der Waals surface area contributed by atoms with E-state index in [2.05, 4.69) is 76.9 Å². The van der Waals surface area contributed by atoms with Gasteiger partial charge in [-0.1, -0.05) is 90.1 Å². The van der Waals surface area contributed by atoms with Gasteiger partial charge in [-0.15, -0.1) is 0 Å². The topological polar surface area (TPSA) is 12.9 Å². The summed E-state index contributed by atoms with van der Waals surface area (Å²) in [6.07, 6.45) is 3.70. The molecule has 0 bridgehead atoms. The minimum absolute atomic E-state index is 0.163. The second-order valence-electron chi connectivity index (χ2n) is 7.71. The molecular formula is C26H34FN. The van der Waals surface area contributed by atoms with Crippen molar-refractivity contribution in [2.24, 2.45) is 0 Å². The molecule has 1 heterocycles. The number of halogens is 1. The lowest BCUT2D eigenvalue weighted by atomic mass is 10.0. The van der Waals surface area contributed by atoms with E-state index in [1.165, 1.54) is 28.8 Å². The first-order valence-electron chi connectivity index (χ1n) is 10.0. The monoisotopic (exact) mass is 379 g/mol. The van der Waals surface area contributed by atoms with Crippen LogP contribution in [0.25, 0.3) is 0 Å². The average Bonchev–Trinajstić information content (AvgIpc) is 2.70. The lowest BCUT2D eigenvalue weighted by molar-refractivity contribution is 0.626. The third kappa shape index (κ3) is 9.45. The first-order valence-corrected chi connectivity index (χ1v) is 10.0. The van der Waals surface area contributed by atoms with Crippen LogP contribution in [0, 0.1) is 5.82 Å². The molecule has 0 aliphatic rings. The number of aromatic nitrogens is 1. The number of hydrogen-bond acceptors (Lipinski definition) is 1. The Morgan fingerprint density at radius 3 is 1.39 bits per heavy atom. The van der Waals surface area contributed by atoms with Gasteiger partial charge in [-0.2, -0.15) is 0 Å². The Labute approximate surface area is 170 Å². The third-order valence-electron chi connectivity index (χ3n) is 4.35. The van der Waals surface area contributed by atoms with Crippen molar-refractivity contribution in [3.63, 3.8) is 0 Å². The molecule has 3 aromatic rings. The van der Waals surface area contributed by atoms with E-state index in [0.29, 0.717) is 17.8 Å². The Morgan fingerprint density at radius 2 is 1.04 bits per heavy atom. The van der Waals surface area contributed by atoms with Crippen LogP contribution < -0.4 is 0 Å². The first-order chi connectivity index (χ1) is 13.3. The average molecular weight is 380 g/mol. The summed E-state index contributed by atoms with van der Waals surface area (Å²) in [5, 5.41) is 0. The smallest absolute Gasteiger partial charge is 0.123 e. The van der Waals surface area contributed by atoms with Crippen LogP contribution in [0.3, 0.4) is 0 Å². The lowest BCUT2D eigenvalue weighted by Gasteiger charge is -2.02. The maximum absolute atomic E-state index is 12.4. The van der Waals surface area contributed by atoms with Gasteiger partial charge in [0.15, 0.2) is 0 Å². The molecule has 2 heteroatoms. The normalized spacial score (nSPS) is 10.2. The number of rotatable bonds is 3. The molecule has 0 saturated heterocycles. The Hall–Kier alpha value is -2.48. The second kappa shape index (κ2) is 12.8. The maximum Gasteiger partial charge on any atom is 0.123 e. The summed E-state index contributed by atoms with van der Waals surface area (Å²) in [6.45, 7) is 12.9. The summed E-state index contributed by atoms with van der Waals surface area (Å²) in [6, 6.07) is 21.2. The number of pyridine rings is 1. The fourth-order valence-electron chi connectivity index (χ4n) is 2.40. The number of benzene rings is 2. The Bertz CT molecular complexity index is 704. The molecule has 0 aliphatic carbocycles. The molecule has 0 amide bonds. The van der Waals surface area contributed by atoms with E-state index in [9.17, 15) is 4.39 Å². The molecule has 0 aliphatic heterocycles. The molecule has 0 unspecified atom stereocenters. The van der Waals surface area contributed by atoms with Gasteiger partial charge in [0.05, 0.1) is 0 Å². The van der Waals surface area contributed by atoms with Crippen LogP contribution in [0.4, 0.5) is 4.39 Å². The zero-order valence-corrected chi connectivity index (χ0v) is 18.1. The molecular weight excluding hydrogens is 345 g/mol. The summed E-state index contributed by atoms with van der Waals surface area (Å²) < 4.78 is 12.4. The van der Waals surface area contributed by atoms with E-state index in [1.54, 1.807) is 6.20 Å². The van der Waals surface area contributed by atoms with Crippen LogP contribution in [0.5, 0.6) is 0 Å². The van der Waals surface area contributed by atoms with Crippen molar-refractivity contribution in [1.29, 1.82) is 0 Å². The van der Waals surface area contributed by atoms with Crippen LogP contribution in [0.15, 0.2) is 79.1 Å². The van der Waals surface area contributed by atoms with Crippen LogP contribution in [0.1, 0.15) is 76.0 Å². The van der Waals surface area contributed by atoms with Gasteiger partial charge in [-0.05, 0) is 52.6 Å².